The van der Waals surface area contributed by atoms with Crippen LogP contribution in [0, 0.1) is 0 Å². The summed E-state index contributed by atoms with van der Waals surface area (Å²) in [5.41, 5.74) is 0. The Hall–Kier alpha value is -1.42. The van der Waals surface area contributed by atoms with Gasteiger partial charge in [0.25, 0.3) is 0 Å². The summed E-state index contributed by atoms with van der Waals surface area (Å²) in [6, 6.07) is 6.20. The third-order valence-electron chi connectivity index (χ3n) is 1.22. The molecule has 0 radical (unpaired) electrons. The van der Waals surface area contributed by atoms with Gasteiger partial charge in [0.2, 0.25) is 0 Å². The highest BCUT2D eigenvalue weighted by Crippen LogP contribution is 2.23. The number of para-hydroxylation sites is 2. The van der Waals surface area contributed by atoms with E-state index in [9.17, 15) is 4.79 Å². The van der Waals surface area contributed by atoms with Crippen LogP contribution < -0.4 is 4.74 Å². The van der Waals surface area contributed by atoms with E-state index in [1.165, 1.54) is 12.1 Å². The topological polar surface area (TPSA) is 66.8 Å². The summed E-state index contributed by atoms with van der Waals surface area (Å²) in [7, 11) is 0. The number of phenols is 1. The molecule has 0 unspecified atom stereocenters. The number of aromatic hydroxyl groups is 1. The lowest BCUT2D eigenvalue weighted by Gasteiger charge is -2.03. The molecule has 0 atom stereocenters. The Kier molecular flexibility index (Phi) is 4.69. The van der Waals surface area contributed by atoms with Crippen molar-refractivity contribution in [3.05, 3.63) is 24.3 Å². The van der Waals surface area contributed by atoms with Crippen molar-refractivity contribution < 1.29 is 19.7 Å². The molecule has 72 valence electrons. The van der Waals surface area contributed by atoms with Crippen LogP contribution in [0.3, 0.4) is 0 Å². The predicted octanol–water partition coefficient (Wildman–Crippen LogP) is 1.28. The molecular weight excluding hydrogens is 196 g/mol. The summed E-state index contributed by atoms with van der Waals surface area (Å²) >= 11 is 0. The molecule has 5 heteroatoms. The first kappa shape index (κ1) is 11.6. The van der Waals surface area contributed by atoms with Crippen LogP contribution >= 0.6 is 12.4 Å². The standard InChI is InChI=1S/C8H8O4.ClH/c9-6-3-1-2-4-7(6)12-5-8(10)11;/h1-4,9H,5H2,(H,10,11);1H. The fraction of sp³-hybridized carbons (Fsp3) is 0.125. The Labute approximate surface area is 81.2 Å². The first-order valence-electron chi connectivity index (χ1n) is 3.33. The summed E-state index contributed by atoms with van der Waals surface area (Å²) in [6.45, 7) is -0.447. The highest BCUT2D eigenvalue weighted by atomic mass is 35.5. The van der Waals surface area contributed by atoms with Gasteiger partial charge in [0, 0.05) is 0 Å². The Bertz CT molecular complexity index is 287. The quantitative estimate of drug-likeness (QED) is 0.778. The molecule has 1 rings (SSSR count). The first-order valence-corrected chi connectivity index (χ1v) is 3.33. The van der Waals surface area contributed by atoms with Gasteiger partial charge in [0.1, 0.15) is 0 Å². The average molecular weight is 205 g/mol. The van der Waals surface area contributed by atoms with Crippen molar-refractivity contribution in [2.45, 2.75) is 0 Å². The molecule has 1 aromatic rings. The zero-order chi connectivity index (χ0) is 8.97. The molecule has 0 aromatic heterocycles. The van der Waals surface area contributed by atoms with Gasteiger partial charge in [-0.2, -0.15) is 0 Å². The second-order valence-corrected chi connectivity index (χ2v) is 2.15. The van der Waals surface area contributed by atoms with Gasteiger partial charge in [-0.15, -0.1) is 12.4 Å². The van der Waals surface area contributed by atoms with E-state index in [0.29, 0.717) is 0 Å². The van der Waals surface area contributed by atoms with Crippen molar-refractivity contribution in [1.29, 1.82) is 0 Å². The van der Waals surface area contributed by atoms with Gasteiger partial charge in [0.05, 0.1) is 0 Å². The number of rotatable bonds is 3. The van der Waals surface area contributed by atoms with E-state index in [2.05, 4.69) is 0 Å². The number of halogens is 1. The summed E-state index contributed by atoms with van der Waals surface area (Å²) in [4.78, 5) is 10.1. The Morgan fingerprint density at radius 3 is 2.54 bits per heavy atom. The number of carboxylic acids is 1. The number of carboxylic acid groups (broad SMARTS) is 1. The number of aliphatic carboxylic acids is 1. The van der Waals surface area contributed by atoms with E-state index in [4.69, 9.17) is 14.9 Å². The largest absolute Gasteiger partial charge is 0.504 e. The lowest BCUT2D eigenvalue weighted by atomic mass is 10.3. The number of carbonyl (C=O) groups is 1. The molecule has 4 nitrogen and oxygen atoms in total. The van der Waals surface area contributed by atoms with E-state index in [1.54, 1.807) is 12.1 Å². The zero-order valence-corrected chi connectivity index (χ0v) is 7.45. The van der Waals surface area contributed by atoms with Gasteiger partial charge in [-0.3, -0.25) is 0 Å². The summed E-state index contributed by atoms with van der Waals surface area (Å²) < 4.78 is 4.75. The van der Waals surface area contributed by atoms with E-state index in [1.807, 2.05) is 0 Å². The van der Waals surface area contributed by atoms with E-state index >= 15 is 0 Å². The number of hydrogen-bond donors (Lipinski definition) is 2. The van der Waals surface area contributed by atoms with E-state index in [0.717, 1.165) is 0 Å². The van der Waals surface area contributed by atoms with Crippen molar-refractivity contribution in [2.24, 2.45) is 0 Å². The van der Waals surface area contributed by atoms with Crippen LogP contribution in [0.15, 0.2) is 24.3 Å². The van der Waals surface area contributed by atoms with Gasteiger partial charge in [-0.1, -0.05) is 12.1 Å². The summed E-state index contributed by atoms with van der Waals surface area (Å²) in [6.07, 6.45) is 0. The molecule has 0 saturated heterocycles. The van der Waals surface area contributed by atoms with Crippen molar-refractivity contribution in [1.82, 2.24) is 0 Å². The van der Waals surface area contributed by atoms with Gasteiger partial charge in [0.15, 0.2) is 18.1 Å². The zero-order valence-electron chi connectivity index (χ0n) is 6.64. The third-order valence-corrected chi connectivity index (χ3v) is 1.22. The summed E-state index contributed by atoms with van der Waals surface area (Å²) in [5.74, 6) is -0.947. The maximum absolute atomic E-state index is 10.1. The summed E-state index contributed by atoms with van der Waals surface area (Å²) in [5, 5.41) is 17.4. The molecule has 13 heavy (non-hydrogen) atoms. The number of ether oxygens (including phenoxy) is 1. The second kappa shape index (κ2) is 5.27. The third kappa shape index (κ3) is 3.66. The maximum atomic E-state index is 10.1. The molecule has 0 aliphatic heterocycles. The van der Waals surface area contributed by atoms with Crippen LogP contribution in [0.2, 0.25) is 0 Å². The average Bonchev–Trinajstić information content (AvgIpc) is 2.03. The minimum atomic E-state index is -1.07. The van der Waals surface area contributed by atoms with E-state index in [-0.39, 0.29) is 23.9 Å². The minimum Gasteiger partial charge on any atom is -0.504 e. The van der Waals surface area contributed by atoms with Crippen LogP contribution in [0.1, 0.15) is 0 Å². The molecule has 0 aliphatic carbocycles. The Balaban J connectivity index is 0.00000144. The molecule has 1 aromatic carbocycles. The first-order chi connectivity index (χ1) is 5.70. The monoisotopic (exact) mass is 204 g/mol. The van der Waals surface area contributed by atoms with Crippen LogP contribution in [0.5, 0.6) is 11.5 Å². The minimum absolute atomic E-state index is 0. The number of phenolic OH excluding ortho intramolecular Hbond substituents is 1. The van der Waals surface area contributed by atoms with Crippen molar-refractivity contribution in [2.75, 3.05) is 6.61 Å². The molecule has 0 aliphatic rings. The van der Waals surface area contributed by atoms with Crippen molar-refractivity contribution in [3.63, 3.8) is 0 Å². The van der Waals surface area contributed by atoms with E-state index < -0.39 is 12.6 Å². The smallest absolute Gasteiger partial charge is 0.341 e. The fourth-order valence-corrected chi connectivity index (χ4v) is 0.719. The van der Waals surface area contributed by atoms with Crippen molar-refractivity contribution in [3.8, 4) is 11.5 Å². The molecule has 0 heterocycles. The molecule has 2 N–H and O–H groups in total. The number of benzene rings is 1. The fourth-order valence-electron chi connectivity index (χ4n) is 0.719. The lowest BCUT2D eigenvalue weighted by molar-refractivity contribution is -0.139. The van der Waals surface area contributed by atoms with Crippen molar-refractivity contribution >= 4 is 18.4 Å². The molecule has 0 spiro atoms. The molecule has 0 fully saturated rings. The molecule has 0 bridgehead atoms. The molecular formula is C8H9ClO4. The normalized spacial score (nSPS) is 8.62. The Morgan fingerprint density at radius 2 is 2.00 bits per heavy atom. The SMILES string of the molecule is Cl.O=C(O)COc1ccccc1O. The number of hydrogen-bond acceptors (Lipinski definition) is 3. The Morgan fingerprint density at radius 1 is 1.38 bits per heavy atom. The maximum Gasteiger partial charge on any atom is 0.341 e. The van der Waals surface area contributed by atoms with Gasteiger partial charge >= 0.3 is 5.97 Å². The highest BCUT2D eigenvalue weighted by Gasteiger charge is 2.02. The van der Waals surface area contributed by atoms with Gasteiger partial charge in [-0.05, 0) is 12.1 Å². The second-order valence-electron chi connectivity index (χ2n) is 2.15. The predicted molar refractivity (Wildman–Crippen MR) is 48.5 cm³/mol. The van der Waals surface area contributed by atoms with Crippen LogP contribution in [0.25, 0.3) is 0 Å². The highest BCUT2D eigenvalue weighted by molar-refractivity contribution is 5.85. The van der Waals surface area contributed by atoms with Crippen LogP contribution in [-0.4, -0.2) is 22.8 Å². The lowest BCUT2D eigenvalue weighted by Crippen LogP contribution is -2.09. The van der Waals surface area contributed by atoms with Gasteiger partial charge in [-0.25, -0.2) is 4.79 Å². The molecule has 0 amide bonds. The van der Waals surface area contributed by atoms with Gasteiger partial charge < -0.3 is 14.9 Å². The van der Waals surface area contributed by atoms with Crippen LogP contribution in [-0.2, 0) is 4.79 Å². The van der Waals surface area contributed by atoms with Crippen LogP contribution in [0.4, 0.5) is 0 Å². The molecule has 0 saturated carbocycles.